The van der Waals surface area contributed by atoms with Crippen LogP contribution in [0.3, 0.4) is 0 Å². The van der Waals surface area contributed by atoms with E-state index in [0.29, 0.717) is 10.7 Å². The summed E-state index contributed by atoms with van der Waals surface area (Å²) in [5.74, 6) is -0.688. The molecule has 2 N–H and O–H groups in total. The fraction of sp³-hybridized carbons (Fsp3) is 0.385. The van der Waals surface area contributed by atoms with Crippen molar-refractivity contribution in [3.8, 4) is 6.07 Å². The van der Waals surface area contributed by atoms with Gasteiger partial charge >= 0.3 is 0 Å². The molecule has 20 heavy (non-hydrogen) atoms. The van der Waals surface area contributed by atoms with Crippen LogP contribution in [0.25, 0.3) is 0 Å². The Morgan fingerprint density at radius 2 is 2.00 bits per heavy atom. The molecule has 0 aliphatic rings. The molecule has 7 heteroatoms. The zero-order valence-corrected chi connectivity index (χ0v) is 12.0. The van der Waals surface area contributed by atoms with E-state index in [1.165, 1.54) is 12.1 Å². The van der Waals surface area contributed by atoms with Crippen LogP contribution in [-0.4, -0.2) is 31.2 Å². The number of nitrogens with two attached hydrogens (primary N) is 1. The third-order valence-corrected chi connectivity index (χ3v) is 4.57. The Morgan fingerprint density at radius 1 is 1.40 bits per heavy atom. The maximum Gasteiger partial charge on any atom is 0.266 e. The summed E-state index contributed by atoms with van der Waals surface area (Å²) in [6.45, 7) is 1.50. The molecule has 0 bridgehead atoms. The Labute approximate surface area is 118 Å². The number of sulfonamides is 1. The van der Waals surface area contributed by atoms with Crippen molar-refractivity contribution in [1.29, 1.82) is 5.26 Å². The van der Waals surface area contributed by atoms with Crippen LogP contribution in [0.15, 0.2) is 35.2 Å². The van der Waals surface area contributed by atoms with E-state index in [4.69, 9.17) is 11.0 Å². The second-order valence-corrected chi connectivity index (χ2v) is 6.01. The van der Waals surface area contributed by atoms with E-state index >= 15 is 0 Å². The highest BCUT2D eigenvalue weighted by molar-refractivity contribution is 7.89. The van der Waals surface area contributed by atoms with E-state index in [1.807, 2.05) is 6.07 Å². The van der Waals surface area contributed by atoms with Gasteiger partial charge in [0.05, 0.1) is 30.0 Å². The van der Waals surface area contributed by atoms with Crippen LogP contribution < -0.4 is 5.73 Å². The summed E-state index contributed by atoms with van der Waals surface area (Å²) in [5.41, 5.74) is 5.63. The number of amides is 1. The van der Waals surface area contributed by atoms with Gasteiger partial charge in [0.25, 0.3) is 15.9 Å². The second-order valence-electron chi connectivity index (χ2n) is 4.15. The van der Waals surface area contributed by atoms with Crippen molar-refractivity contribution in [3.63, 3.8) is 0 Å². The van der Waals surface area contributed by atoms with Crippen molar-refractivity contribution in [2.24, 2.45) is 5.73 Å². The summed E-state index contributed by atoms with van der Waals surface area (Å²) >= 11 is 0. The average molecular weight is 295 g/mol. The minimum atomic E-state index is -3.97. The highest BCUT2D eigenvalue weighted by atomic mass is 32.2. The SMILES string of the molecule is CCC(N)C(=O)N(CCC#N)S(=O)(=O)c1ccccc1. The topological polar surface area (TPSA) is 104 Å². The fourth-order valence-electron chi connectivity index (χ4n) is 1.58. The predicted molar refractivity (Wildman–Crippen MR) is 73.8 cm³/mol. The Morgan fingerprint density at radius 3 is 2.50 bits per heavy atom. The number of carbonyl (C=O) groups excluding carboxylic acids is 1. The van der Waals surface area contributed by atoms with Crippen LogP contribution in [0.5, 0.6) is 0 Å². The van der Waals surface area contributed by atoms with Crippen LogP contribution >= 0.6 is 0 Å². The molecule has 0 fully saturated rings. The van der Waals surface area contributed by atoms with Crippen molar-refractivity contribution in [1.82, 2.24) is 4.31 Å². The summed E-state index contributed by atoms with van der Waals surface area (Å²) < 4.78 is 25.6. The van der Waals surface area contributed by atoms with Crippen LogP contribution in [0.2, 0.25) is 0 Å². The molecular formula is C13H17N3O3S. The van der Waals surface area contributed by atoms with Gasteiger partial charge in [0.2, 0.25) is 0 Å². The number of nitrogens with zero attached hydrogens (tertiary/aromatic N) is 2. The number of benzene rings is 1. The molecule has 0 saturated heterocycles. The van der Waals surface area contributed by atoms with Crippen molar-refractivity contribution in [3.05, 3.63) is 30.3 Å². The Balaban J connectivity index is 3.17. The van der Waals surface area contributed by atoms with Gasteiger partial charge in [-0.2, -0.15) is 5.26 Å². The van der Waals surface area contributed by atoms with Crippen LogP contribution in [0.4, 0.5) is 0 Å². The molecule has 0 radical (unpaired) electrons. The molecule has 1 atom stereocenters. The highest BCUT2D eigenvalue weighted by Gasteiger charge is 2.31. The minimum Gasteiger partial charge on any atom is -0.320 e. The lowest BCUT2D eigenvalue weighted by Gasteiger charge is -2.24. The van der Waals surface area contributed by atoms with Crippen molar-refractivity contribution in [2.75, 3.05) is 6.54 Å². The van der Waals surface area contributed by atoms with E-state index in [-0.39, 0.29) is 17.9 Å². The molecule has 0 aliphatic heterocycles. The molecule has 1 amide bonds. The van der Waals surface area contributed by atoms with Crippen LogP contribution in [-0.2, 0) is 14.8 Å². The van der Waals surface area contributed by atoms with Crippen molar-refractivity contribution < 1.29 is 13.2 Å². The summed E-state index contributed by atoms with van der Waals surface area (Å²) in [5, 5.41) is 8.61. The molecule has 0 aliphatic carbocycles. The maximum atomic E-state index is 12.4. The first-order chi connectivity index (χ1) is 9.45. The van der Waals surface area contributed by atoms with Gasteiger partial charge in [0.1, 0.15) is 0 Å². The Bertz CT molecular complexity index is 593. The van der Waals surface area contributed by atoms with Gasteiger partial charge in [-0.25, -0.2) is 12.7 Å². The number of nitriles is 1. The zero-order chi connectivity index (χ0) is 15.2. The Kier molecular flexibility index (Phi) is 5.67. The van der Waals surface area contributed by atoms with Crippen molar-refractivity contribution in [2.45, 2.75) is 30.7 Å². The van der Waals surface area contributed by atoms with Crippen LogP contribution in [0.1, 0.15) is 19.8 Å². The van der Waals surface area contributed by atoms with E-state index in [0.717, 1.165) is 0 Å². The molecule has 0 spiro atoms. The normalized spacial score (nSPS) is 12.4. The molecule has 1 aromatic carbocycles. The average Bonchev–Trinajstić information content (AvgIpc) is 2.47. The summed E-state index contributed by atoms with van der Waals surface area (Å²) in [7, 11) is -3.97. The molecule has 1 unspecified atom stereocenters. The van der Waals surface area contributed by atoms with E-state index in [2.05, 4.69) is 0 Å². The quantitative estimate of drug-likeness (QED) is 0.838. The zero-order valence-electron chi connectivity index (χ0n) is 11.2. The highest BCUT2D eigenvalue weighted by Crippen LogP contribution is 2.17. The summed E-state index contributed by atoms with van der Waals surface area (Å²) in [6.07, 6.45) is 0.250. The number of hydrogen-bond donors (Lipinski definition) is 1. The molecule has 6 nitrogen and oxygen atoms in total. The molecule has 1 rings (SSSR count). The van der Waals surface area contributed by atoms with Gasteiger partial charge in [-0.05, 0) is 18.6 Å². The van der Waals surface area contributed by atoms with Gasteiger partial charge in [-0.3, -0.25) is 4.79 Å². The summed E-state index contributed by atoms with van der Waals surface area (Å²) in [6, 6.07) is 8.56. The van der Waals surface area contributed by atoms with E-state index in [9.17, 15) is 13.2 Å². The smallest absolute Gasteiger partial charge is 0.266 e. The first-order valence-corrected chi connectivity index (χ1v) is 7.63. The fourth-order valence-corrected chi connectivity index (χ4v) is 3.04. The minimum absolute atomic E-state index is 0.00888. The molecular weight excluding hydrogens is 278 g/mol. The molecule has 108 valence electrons. The lowest BCUT2D eigenvalue weighted by molar-refractivity contribution is -0.127. The Hall–Kier alpha value is -1.91. The lowest BCUT2D eigenvalue weighted by atomic mass is 10.2. The third kappa shape index (κ3) is 3.56. The molecule has 0 aromatic heterocycles. The first kappa shape index (κ1) is 16.1. The predicted octanol–water partition coefficient (Wildman–Crippen LogP) is 0.855. The third-order valence-electron chi connectivity index (χ3n) is 2.76. The number of carbonyl (C=O) groups is 1. The van der Waals surface area contributed by atoms with Crippen molar-refractivity contribution >= 4 is 15.9 Å². The summed E-state index contributed by atoms with van der Waals surface area (Å²) in [4.78, 5) is 12.1. The number of hydrogen-bond acceptors (Lipinski definition) is 5. The largest absolute Gasteiger partial charge is 0.320 e. The second kappa shape index (κ2) is 7.03. The molecule has 0 saturated carbocycles. The van der Waals surface area contributed by atoms with E-state index < -0.39 is 22.0 Å². The monoisotopic (exact) mass is 295 g/mol. The van der Waals surface area contributed by atoms with Crippen LogP contribution in [0, 0.1) is 11.3 Å². The van der Waals surface area contributed by atoms with Gasteiger partial charge in [-0.15, -0.1) is 0 Å². The van der Waals surface area contributed by atoms with E-state index in [1.54, 1.807) is 25.1 Å². The van der Waals surface area contributed by atoms with Gasteiger partial charge in [0.15, 0.2) is 0 Å². The maximum absolute atomic E-state index is 12.4. The standard InChI is InChI=1S/C13H17N3O3S/c1-2-12(15)13(17)16(10-6-9-14)20(18,19)11-7-4-3-5-8-11/h3-5,7-8,12H,2,6,10,15H2,1H3. The van der Waals surface area contributed by atoms with Gasteiger partial charge < -0.3 is 5.73 Å². The molecule has 0 heterocycles. The number of rotatable bonds is 6. The molecule has 1 aromatic rings. The van der Waals surface area contributed by atoms with Gasteiger partial charge in [0, 0.05) is 0 Å². The van der Waals surface area contributed by atoms with Gasteiger partial charge in [-0.1, -0.05) is 25.1 Å². The lowest BCUT2D eigenvalue weighted by Crippen LogP contribution is -2.46. The first-order valence-electron chi connectivity index (χ1n) is 6.19.